The number of amides is 2. The fraction of sp³-hybridized carbons (Fsp3) is 0.533. The molecule has 0 spiro atoms. The van der Waals surface area contributed by atoms with E-state index in [-0.39, 0.29) is 6.03 Å². The third-order valence-electron chi connectivity index (χ3n) is 3.65. The predicted molar refractivity (Wildman–Crippen MR) is 83.9 cm³/mol. The van der Waals surface area contributed by atoms with Crippen molar-refractivity contribution in [2.24, 2.45) is 5.92 Å². The van der Waals surface area contributed by atoms with Gasteiger partial charge >= 0.3 is 6.03 Å². The molecule has 0 radical (unpaired) electrons. The molecular formula is C15H23N3OS. The molecule has 4 nitrogen and oxygen atoms in total. The molecule has 0 aliphatic carbocycles. The van der Waals surface area contributed by atoms with Gasteiger partial charge in [-0.05, 0) is 54.2 Å². The van der Waals surface area contributed by atoms with Crippen LogP contribution in [-0.4, -0.2) is 37.1 Å². The Morgan fingerprint density at radius 2 is 2.25 bits per heavy atom. The molecule has 2 heterocycles. The first-order valence-corrected chi connectivity index (χ1v) is 8.08. The molecule has 20 heavy (non-hydrogen) atoms. The van der Waals surface area contributed by atoms with Gasteiger partial charge in [-0.3, -0.25) is 4.90 Å². The molecule has 2 N–H and O–H groups in total. The van der Waals surface area contributed by atoms with Crippen molar-refractivity contribution < 1.29 is 4.79 Å². The number of urea groups is 1. The number of piperidine rings is 1. The van der Waals surface area contributed by atoms with E-state index >= 15 is 0 Å². The summed E-state index contributed by atoms with van der Waals surface area (Å²) in [4.78, 5) is 13.9. The van der Waals surface area contributed by atoms with E-state index in [1.807, 2.05) is 0 Å². The minimum Gasteiger partial charge on any atom is -0.338 e. The summed E-state index contributed by atoms with van der Waals surface area (Å²) in [6.45, 7) is 8.17. The van der Waals surface area contributed by atoms with Gasteiger partial charge in [0.25, 0.3) is 0 Å². The van der Waals surface area contributed by atoms with Gasteiger partial charge in [-0.15, -0.1) is 6.58 Å². The Bertz CT molecular complexity index is 411. The van der Waals surface area contributed by atoms with E-state index in [1.54, 1.807) is 17.4 Å². The quantitative estimate of drug-likeness (QED) is 0.791. The highest BCUT2D eigenvalue weighted by molar-refractivity contribution is 7.07. The summed E-state index contributed by atoms with van der Waals surface area (Å²) < 4.78 is 0. The van der Waals surface area contributed by atoms with Crippen LogP contribution in [0.1, 0.15) is 18.4 Å². The number of thiophene rings is 1. The van der Waals surface area contributed by atoms with Gasteiger partial charge in [-0.25, -0.2) is 4.79 Å². The van der Waals surface area contributed by atoms with Crippen molar-refractivity contribution >= 4 is 17.4 Å². The average Bonchev–Trinajstić information content (AvgIpc) is 2.97. The number of rotatable bonds is 6. The minimum absolute atomic E-state index is 0.0920. The van der Waals surface area contributed by atoms with Crippen LogP contribution in [0.15, 0.2) is 29.5 Å². The van der Waals surface area contributed by atoms with Crippen LogP contribution in [0.2, 0.25) is 0 Å². The van der Waals surface area contributed by atoms with E-state index in [0.717, 1.165) is 39.0 Å². The monoisotopic (exact) mass is 293 g/mol. The number of hydrogen-bond donors (Lipinski definition) is 2. The van der Waals surface area contributed by atoms with Crippen LogP contribution in [0.5, 0.6) is 0 Å². The molecule has 0 aromatic carbocycles. The molecule has 2 rings (SSSR count). The van der Waals surface area contributed by atoms with Crippen molar-refractivity contribution in [1.82, 2.24) is 15.5 Å². The highest BCUT2D eigenvalue weighted by Gasteiger charge is 2.19. The van der Waals surface area contributed by atoms with Gasteiger partial charge in [-0.1, -0.05) is 6.08 Å². The third-order valence-corrected chi connectivity index (χ3v) is 4.38. The molecule has 1 saturated heterocycles. The van der Waals surface area contributed by atoms with Gasteiger partial charge in [0.2, 0.25) is 0 Å². The first-order chi connectivity index (χ1) is 9.78. The summed E-state index contributed by atoms with van der Waals surface area (Å²) >= 11 is 1.76. The Balaban J connectivity index is 1.61. The molecule has 1 aromatic heterocycles. The van der Waals surface area contributed by atoms with Crippen molar-refractivity contribution in [3.05, 3.63) is 35.0 Å². The number of nitrogens with zero attached hydrogens (tertiary/aromatic N) is 1. The van der Waals surface area contributed by atoms with Crippen LogP contribution in [-0.2, 0) is 6.54 Å². The third kappa shape index (κ3) is 4.98. The zero-order valence-electron chi connectivity index (χ0n) is 11.8. The van der Waals surface area contributed by atoms with E-state index in [4.69, 9.17) is 0 Å². The summed E-state index contributed by atoms with van der Waals surface area (Å²) in [7, 11) is 0. The molecule has 0 bridgehead atoms. The van der Waals surface area contributed by atoms with Gasteiger partial charge in [0, 0.05) is 19.6 Å². The molecule has 1 aliphatic heterocycles. The van der Waals surface area contributed by atoms with E-state index in [9.17, 15) is 4.79 Å². The highest BCUT2D eigenvalue weighted by Crippen LogP contribution is 2.19. The Hall–Kier alpha value is -1.33. The van der Waals surface area contributed by atoms with Crippen molar-refractivity contribution in [2.75, 3.05) is 26.2 Å². The van der Waals surface area contributed by atoms with E-state index in [0.29, 0.717) is 12.5 Å². The lowest BCUT2D eigenvalue weighted by molar-refractivity contribution is 0.175. The molecule has 1 aliphatic rings. The van der Waals surface area contributed by atoms with Gasteiger partial charge in [0.05, 0.1) is 0 Å². The largest absolute Gasteiger partial charge is 0.338 e. The zero-order chi connectivity index (χ0) is 14.2. The maximum Gasteiger partial charge on any atom is 0.315 e. The van der Waals surface area contributed by atoms with Gasteiger partial charge in [0.15, 0.2) is 0 Å². The minimum atomic E-state index is -0.0920. The number of likely N-dealkylation sites (tertiary alicyclic amines) is 1. The van der Waals surface area contributed by atoms with E-state index in [2.05, 4.69) is 38.9 Å². The van der Waals surface area contributed by atoms with Gasteiger partial charge in [-0.2, -0.15) is 11.3 Å². The maximum absolute atomic E-state index is 11.4. The smallest absolute Gasteiger partial charge is 0.315 e. The molecule has 5 heteroatoms. The standard InChI is InChI=1S/C15H23N3OS/c1-2-6-16-15(19)17-10-13-3-7-18(8-4-13)11-14-5-9-20-12-14/h2,5,9,12-13H,1,3-4,6-8,10-11H2,(H2,16,17,19). The second kappa shape index (κ2) is 8.07. The van der Waals surface area contributed by atoms with Crippen molar-refractivity contribution in [3.8, 4) is 0 Å². The second-order valence-corrected chi connectivity index (χ2v) is 6.01. The average molecular weight is 293 g/mol. The number of hydrogen-bond acceptors (Lipinski definition) is 3. The topological polar surface area (TPSA) is 44.4 Å². The van der Waals surface area contributed by atoms with E-state index < -0.39 is 0 Å². The molecule has 1 fully saturated rings. The molecule has 110 valence electrons. The predicted octanol–water partition coefficient (Wildman–Crippen LogP) is 2.45. The van der Waals surface area contributed by atoms with Gasteiger partial charge < -0.3 is 10.6 Å². The Labute approximate surface area is 124 Å². The Kier molecular flexibility index (Phi) is 6.08. The first-order valence-electron chi connectivity index (χ1n) is 7.14. The molecule has 0 atom stereocenters. The van der Waals surface area contributed by atoms with Crippen LogP contribution in [0, 0.1) is 5.92 Å². The zero-order valence-corrected chi connectivity index (χ0v) is 12.6. The molecule has 2 amide bonds. The molecule has 1 aromatic rings. The van der Waals surface area contributed by atoms with Crippen molar-refractivity contribution in [3.63, 3.8) is 0 Å². The van der Waals surface area contributed by atoms with E-state index in [1.165, 1.54) is 5.56 Å². The van der Waals surface area contributed by atoms with Crippen LogP contribution in [0.3, 0.4) is 0 Å². The molecular weight excluding hydrogens is 270 g/mol. The lowest BCUT2D eigenvalue weighted by Gasteiger charge is -2.31. The fourth-order valence-electron chi connectivity index (χ4n) is 2.45. The second-order valence-electron chi connectivity index (χ2n) is 5.23. The summed E-state index contributed by atoms with van der Waals surface area (Å²) in [6.07, 6.45) is 4.00. The van der Waals surface area contributed by atoms with Crippen molar-refractivity contribution in [1.29, 1.82) is 0 Å². The van der Waals surface area contributed by atoms with Crippen LogP contribution in [0.25, 0.3) is 0 Å². The molecule has 0 unspecified atom stereocenters. The van der Waals surface area contributed by atoms with Crippen LogP contribution < -0.4 is 10.6 Å². The molecule has 0 saturated carbocycles. The van der Waals surface area contributed by atoms with Gasteiger partial charge in [0.1, 0.15) is 0 Å². The van der Waals surface area contributed by atoms with Crippen molar-refractivity contribution in [2.45, 2.75) is 19.4 Å². The Morgan fingerprint density at radius 1 is 1.45 bits per heavy atom. The normalized spacial score (nSPS) is 16.8. The number of carbonyl (C=O) groups excluding carboxylic acids is 1. The number of carbonyl (C=O) groups is 1. The number of nitrogens with one attached hydrogen (secondary N) is 2. The highest BCUT2D eigenvalue weighted by atomic mass is 32.1. The van der Waals surface area contributed by atoms with Crippen LogP contribution >= 0.6 is 11.3 Å². The summed E-state index contributed by atoms with van der Waals surface area (Å²) in [5.41, 5.74) is 1.41. The summed E-state index contributed by atoms with van der Waals surface area (Å²) in [6, 6.07) is 2.10. The fourth-order valence-corrected chi connectivity index (χ4v) is 3.11. The first kappa shape index (κ1) is 15.1. The van der Waals surface area contributed by atoms with Crippen LogP contribution in [0.4, 0.5) is 4.79 Å². The lowest BCUT2D eigenvalue weighted by atomic mass is 9.96. The Morgan fingerprint density at radius 3 is 2.90 bits per heavy atom. The maximum atomic E-state index is 11.4. The lowest BCUT2D eigenvalue weighted by Crippen LogP contribution is -2.41. The summed E-state index contributed by atoms with van der Waals surface area (Å²) in [5.74, 6) is 0.600. The SMILES string of the molecule is C=CCNC(=O)NCC1CCN(Cc2ccsc2)CC1. The summed E-state index contributed by atoms with van der Waals surface area (Å²) in [5, 5.41) is 10.0.